The van der Waals surface area contributed by atoms with E-state index in [4.69, 9.17) is 9.47 Å². The fraction of sp³-hybridized carbons (Fsp3) is 0.368. The van der Waals surface area contributed by atoms with E-state index in [-0.39, 0.29) is 11.5 Å². The Labute approximate surface area is 147 Å². The molecule has 6 heteroatoms. The Bertz CT molecular complexity index is 761. The fourth-order valence-electron chi connectivity index (χ4n) is 2.67. The Hall–Kier alpha value is -2.76. The van der Waals surface area contributed by atoms with Crippen LogP contribution in [0, 0.1) is 6.92 Å². The van der Waals surface area contributed by atoms with Gasteiger partial charge in [-0.05, 0) is 38.0 Å². The maximum atomic E-state index is 12.4. The van der Waals surface area contributed by atoms with Crippen LogP contribution in [0.3, 0.4) is 0 Å². The van der Waals surface area contributed by atoms with Gasteiger partial charge in [0.2, 0.25) is 0 Å². The van der Waals surface area contributed by atoms with Gasteiger partial charge in [-0.2, -0.15) is 0 Å². The van der Waals surface area contributed by atoms with Crippen molar-refractivity contribution in [2.45, 2.75) is 26.3 Å². The molecule has 25 heavy (non-hydrogen) atoms. The van der Waals surface area contributed by atoms with E-state index in [1.807, 2.05) is 13.0 Å². The first-order chi connectivity index (χ1) is 12.1. The van der Waals surface area contributed by atoms with Crippen LogP contribution in [0.1, 0.15) is 28.9 Å². The molecule has 0 radical (unpaired) electrons. The highest BCUT2D eigenvalue weighted by atomic mass is 16.5. The lowest BCUT2D eigenvalue weighted by Crippen LogP contribution is -2.26. The third-order valence-electron chi connectivity index (χ3n) is 4.02. The van der Waals surface area contributed by atoms with Gasteiger partial charge in [0.25, 0.3) is 11.5 Å². The van der Waals surface area contributed by atoms with Crippen molar-refractivity contribution in [3.63, 3.8) is 0 Å². The molecule has 0 atom stereocenters. The maximum absolute atomic E-state index is 12.4. The number of rotatable bonds is 8. The minimum atomic E-state index is -0.234. The number of amides is 1. The fourth-order valence-corrected chi connectivity index (χ4v) is 2.67. The van der Waals surface area contributed by atoms with E-state index in [1.54, 1.807) is 34.9 Å². The third-order valence-corrected chi connectivity index (χ3v) is 4.02. The molecule has 0 unspecified atom stereocenters. The van der Waals surface area contributed by atoms with Crippen molar-refractivity contribution in [2.24, 2.45) is 0 Å². The van der Waals surface area contributed by atoms with Crippen molar-refractivity contribution in [3.8, 4) is 11.5 Å². The van der Waals surface area contributed by atoms with E-state index in [9.17, 15) is 9.59 Å². The molecule has 1 N–H and O–H groups in total. The highest BCUT2D eigenvalue weighted by molar-refractivity contribution is 5.99. The molecule has 2 aromatic rings. The topological polar surface area (TPSA) is 69.6 Å². The summed E-state index contributed by atoms with van der Waals surface area (Å²) in [7, 11) is 3.04. The van der Waals surface area contributed by atoms with Crippen LogP contribution in [0.2, 0.25) is 0 Å². The summed E-state index contributed by atoms with van der Waals surface area (Å²) < 4.78 is 12.2. The van der Waals surface area contributed by atoms with Gasteiger partial charge in [-0.1, -0.05) is 12.1 Å². The highest BCUT2D eigenvalue weighted by Gasteiger charge is 2.17. The van der Waals surface area contributed by atoms with Gasteiger partial charge < -0.3 is 19.4 Å². The Morgan fingerprint density at radius 1 is 1.04 bits per heavy atom. The Kier molecular flexibility index (Phi) is 6.62. The SMILES string of the molecule is COc1cccc(OC)c1C(=O)NCCCCn1c(C)cccc1=O. The first kappa shape index (κ1) is 18.6. The number of aryl methyl sites for hydroxylation is 1. The Morgan fingerprint density at radius 3 is 2.28 bits per heavy atom. The van der Waals surface area contributed by atoms with Gasteiger partial charge in [-0.3, -0.25) is 9.59 Å². The van der Waals surface area contributed by atoms with Crippen molar-refractivity contribution in [3.05, 3.63) is 58.0 Å². The summed E-state index contributed by atoms with van der Waals surface area (Å²) in [5.74, 6) is 0.717. The molecule has 0 saturated heterocycles. The van der Waals surface area contributed by atoms with Crippen LogP contribution in [-0.2, 0) is 6.54 Å². The molecule has 0 bridgehead atoms. The zero-order chi connectivity index (χ0) is 18.2. The van der Waals surface area contributed by atoms with Gasteiger partial charge in [-0.15, -0.1) is 0 Å². The van der Waals surface area contributed by atoms with E-state index in [1.165, 1.54) is 14.2 Å². The highest BCUT2D eigenvalue weighted by Crippen LogP contribution is 2.27. The van der Waals surface area contributed by atoms with Crippen LogP contribution in [0.25, 0.3) is 0 Å². The number of methoxy groups -OCH3 is 2. The van der Waals surface area contributed by atoms with Gasteiger partial charge in [0.05, 0.1) is 14.2 Å². The second-order valence-corrected chi connectivity index (χ2v) is 5.66. The number of benzene rings is 1. The maximum Gasteiger partial charge on any atom is 0.258 e. The van der Waals surface area contributed by atoms with Crippen LogP contribution >= 0.6 is 0 Å². The molecule has 1 aromatic heterocycles. The molecule has 1 aromatic carbocycles. The Balaban J connectivity index is 1.88. The molecule has 0 saturated carbocycles. The minimum Gasteiger partial charge on any atom is -0.496 e. The van der Waals surface area contributed by atoms with E-state index in [0.29, 0.717) is 30.2 Å². The number of ether oxygens (including phenoxy) is 2. The zero-order valence-electron chi connectivity index (χ0n) is 14.9. The summed E-state index contributed by atoms with van der Waals surface area (Å²) in [6.07, 6.45) is 1.57. The quantitative estimate of drug-likeness (QED) is 0.747. The van der Waals surface area contributed by atoms with Crippen molar-refractivity contribution < 1.29 is 14.3 Å². The standard InChI is InChI=1S/C19H24N2O4/c1-14-8-6-11-17(22)21(14)13-5-4-12-20-19(23)18-15(24-2)9-7-10-16(18)25-3/h6-11H,4-5,12-13H2,1-3H3,(H,20,23). The number of unbranched alkanes of at least 4 members (excludes halogenated alkanes) is 1. The van der Waals surface area contributed by atoms with Crippen molar-refractivity contribution in [2.75, 3.05) is 20.8 Å². The summed E-state index contributed by atoms with van der Waals surface area (Å²) >= 11 is 0. The number of carbonyl (C=O) groups excluding carboxylic acids is 1. The predicted molar refractivity (Wildman–Crippen MR) is 96.6 cm³/mol. The molecule has 0 aliphatic carbocycles. The number of aromatic nitrogens is 1. The summed E-state index contributed by atoms with van der Waals surface area (Å²) in [6.45, 7) is 3.07. The zero-order valence-corrected chi connectivity index (χ0v) is 14.9. The van der Waals surface area contributed by atoms with Gasteiger partial charge in [0.1, 0.15) is 17.1 Å². The largest absolute Gasteiger partial charge is 0.496 e. The monoisotopic (exact) mass is 344 g/mol. The smallest absolute Gasteiger partial charge is 0.258 e. The van der Waals surface area contributed by atoms with Crippen molar-refractivity contribution in [1.29, 1.82) is 0 Å². The first-order valence-corrected chi connectivity index (χ1v) is 8.24. The number of pyridine rings is 1. The van der Waals surface area contributed by atoms with E-state index in [0.717, 1.165) is 18.5 Å². The number of nitrogens with zero attached hydrogens (tertiary/aromatic N) is 1. The molecule has 0 aliphatic rings. The molecule has 6 nitrogen and oxygen atoms in total. The van der Waals surface area contributed by atoms with Gasteiger partial charge in [-0.25, -0.2) is 0 Å². The summed E-state index contributed by atoms with van der Waals surface area (Å²) in [4.78, 5) is 24.2. The average Bonchev–Trinajstić information content (AvgIpc) is 2.62. The van der Waals surface area contributed by atoms with Crippen molar-refractivity contribution in [1.82, 2.24) is 9.88 Å². The molecule has 0 aliphatic heterocycles. The lowest BCUT2D eigenvalue weighted by atomic mass is 10.1. The van der Waals surface area contributed by atoms with Crippen LogP contribution in [-0.4, -0.2) is 31.2 Å². The molecule has 0 fully saturated rings. The molecule has 2 rings (SSSR count). The summed E-state index contributed by atoms with van der Waals surface area (Å²) in [6, 6.07) is 10.5. The third kappa shape index (κ3) is 4.62. The molecule has 0 spiro atoms. The summed E-state index contributed by atoms with van der Waals surface area (Å²) in [5.41, 5.74) is 1.33. The lowest BCUT2D eigenvalue weighted by molar-refractivity contribution is 0.0946. The molecular formula is C19H24N2O4. The summed E-state index contributed by atoms with van der Waals surface area (Å²) in [5, 5.41) is 2.88. The van der Waals surface area contributed by atoms with Crippen molar-refractivity contribution >= 4 is 5.91 Å². The second kappa shape index (κ2) is 8.92. The predicted octanol–water partition coefficient (Wildman–Crippen LogP) is 2.38. The Morgan fingerprint density at radius 2 is 1.68 bits per heavy atom. The molecule has 1 amide bonds. The lowest BCUT2D eigenvalue weighted by Gasteiger charge is -2.13. The molecular weight excluding hydrogens is 320 g/mol. The van der Waals surface area contributed by atoms with E-state index >= 15 is 0 Å². The first-order valence-electron chi connectivity index (χ1n) is 8.24. The van der Waals surface area contributed by atoms with Gasteiger partial charge in [0, 0.05) is 24.8 Å². The van der Waals surface area contributed by atoms with E-state index < -0.39 is 0 Å². The average molecular weight is 344 g/mol. The van der Waals surface area contributed by atoms with Crippen LogP contribution in [0.4, 0.5) is 0 Å². The van der Waals surface area contributed by atoms with E-state index in [2.05, 4.69) is 5.32 Å². The van der Waals surface area contributed by atoms with Gasteiger partial charge in [0.15, 0.2) is 0 Å². The number of nitrogens with one attached hydrogen (secondary N) is 1. The normalized spacial score (nSPS) is 10.4. The molecule has 1 heterocycles. The number of hydrogen-bond donors (Lipinski definition) is 1. The number of carbonyl (C=O) groups is 1. The second-order valence-electron chi connectivity index (χ2n) is 5.66. The van der Waals surface area contributed by atoms with Crippen LogP contribution in [0.5, 0.6) is 11.5 Å². The minimum absolute atomic E-state index is 0.00259. The molecule has 134 valence electrons. The van der Waals surface area contributed by atoms with Crippen LogP contribution < -0.4 is 20.3 Å². The van der Waals surface area contributed by atoms with Crippen LogP contribution in [0.15, 0.2) is 41.2 Å². The number of hydrogen-bond acceptors (Lipinski definition) is 4. The van der Waals surface area contributed by atoms with Gasteiger partial charge >= 0.3 is 0 Å².